The zero-order valence-electron chi connectivity index (χ0n) is 17.9. The predicted octanol–water partition coefficient (Wildman–Crippen LogP) is 4.03. The van der Waals surface area contributed by atoms with Crippen molar-refractivity contribution in [3.63, 3.8) is 0 Å². The van der Waals surface area contributed by atoms with E-state index in [0.717, 1.165) is 55.0 Å². The van der Waals surface area contributed by atoms with Gasteiger partial charge in [-0.3, -0.25) is 14.5 Å². The number of carbonyl (C=O) groups is 2. The summed E-state index contributed by atoms with van der Waals surface area (Å²) in [5, 5.41) is 0. The minimum Gasteiger partial charge on any atom is -0.340 e. The molecular weight excluding hydrogens is 442 g/mol. The van der Waals surface area contributed by atoms with Gasteiger partial charge in [-0.25, -0.2) is 0 Å². The summed E-state index contributed by atoms with van der Waals surface area (Å²) < 4.78 is 0.974. The van der Waals surface area contributed by atoms with Gasteiger partial charge in [0.05, 0.1) is 0 Å². The van der Waals surface area contributed by atoms with E-state index in [9.17, 15) is 9.59 Å². The topological polar surface area (TPSA) is 43.9 Å². The second kappa shape index (κ2) is 10.3. The first-order chi connectivity index (χ1) is 14.6. The van der Waals surface area contributed by atoms with E-state index in [0.29, 0.717) is 19.0 Å². The van der Waals surface area contributed by atoms with Crippen LogP contribution in [0.25, 0.3) is 0 Å². The molecule has 5 nitrogen and oxygen atoms in total. The zero-order valence-corrected chi connectivity index (χ0v) is 19.5. The molecule has 2 saturated heterocycles. The van der Waals surface area contributed by atoms with E-state index in [-0.39, 0.29) is 11.8 Å². The van der Waals surface area contributed by atoms with Gasteiger partial charge in [-0.1, -0.05) is 35.2 Å². The molecule has 4 rings (SSSR count). The van der Waals surface area contributed by atoms with Gasteiger partial charge in [0.15, 0.2) is 0 Å². The van der Waals surface area contributed by atoms with Crippen LogP contribution in [0.1, 0.15) is 55.3 Å². The van der Waals surface area contributed by atoms with E-state index in [2.05, 4.69) is 25.7 Å². The number of hydrogen-bond donors (Lipinski definition) is 0. The molecule has 6 heteroatoms. The molecule has 1 saturated carbocycles. The molecule has 0 N–H and O–H groups in total. The molecule has 3 aliphatic rings. The van der Waals surface area contributed by atoms with Crippen LogP contribution in [0.3, 0.4) is 0 Å². The maximum absolute atomic E-state index is 13.0. The lowest BCUT2D eigenvalue weighted by Gasteiger charge is -2.40. The summed E-state index contributed by atoms with van der Waals surface area (Å²) in [6.07, 6.45) is 8.53. The Labute approximate surface area is 188 Å². The van der Waals surface area contributed by atoms with Gasteiger partial charge in [0.25, 0.3) is 5.91 Å². The number of likely N-dealkylation sites (tertiary alicyclic amines) is 1. The van der Waals surface area contributed by atoms with Crippen molar-refractivity contribution < 1.29 is 9.59 Å². The van der Waals surface area contributed by atoms with Crippen LogP contribution in [-0.2, 0) is 4.79 Å². The Hall–Kier alpha value is -1.40. The van der Waals surface area contributed by atoms with Crippen molar-refractivity contribution in [3.8, 4) is 0 Å². The molecule has 2 heterocycles. The lowest BCUT2D eigenvalue weighted by Crippen LogP contribution is -2.52. The van der Waals surface area contributed by atoms with Gasteiger partial charge < -0.3 is 9.80 Å². The number of piperidine rings is 1. The fourth-order valence-corrected chi connectivity index (χ4v) is 5.51. The van der Waals surface area contributed by atoms with Crippen molar-refractivity contribution in [1.29, 1.82) is 0 Å². The summed E-state index contributed by atoms with van der Waals surface area (Å²) in [5.74, 6) is 1.32. The van der Waals surface area contributed by atoms with Crippen LogP contribution in [0, 0.1) is 11.8 Å². The standard InChI is InChI=1S/C24H34BrN3O2/c25-22-8-6-20(7-9-22)23(29)27-12-10-21(11-13-27)24(30)28-16-14-26(15-17-28)18-19-4-2-1-3-5-19/h6-9,19,21H,1-5,10-18H2. The first kappa shape index (κ1) is 21.8. The van der Waals surface area contributed by atoms with Crippen LogP contribution in [0.15, 0.2) is 28.7 Å². The normalized spacial score (nSPS) is 22.3. The summed E-state index contributed by atoms with van der Waals surface area (Å²) in [6.45, 7) is 6.33. The van der Waals surface area contributed by atoms with Gasteiger partial charge in [0.2, 0.25) is 5.91 Å². The highest BCUT2D eigenvalue weighted by molar-refractivity contribution is 9.10. The van der Waals surface area contributed by atoms with Crippen LogP contribution in [0.2, 0.25) is 0 Å². The molecule has 0 unspecified atom stereocenters. The minimum atomic E-state index is 0.0730. The second-order valence-corrected chi connectivity index (χ2v) is 10.1. The highest BCUT2D eigenvalue weighted by atomic mass is 79.9. The Morgan fingerprint density at radius 2 is 1.43 bits per heavy atom. The van der Waals surface area contributed by atoms with E-state index in [1.807, 2.05) is 29.2 Å². The lowest BCUT2D eigenvalue weighted by atomic mass is 9.89. The van der Waals surface area contributed by atoms with Gasteiger partial charge in [-0.05, 0) is 55.9 Å². The summed E-state index contributed by atoms with van der Waals surface area (Å²) in [5.41, 5.74) is 0.720. The van der Waals surface area contributed by atoms with Crippen LogP contribution in [-0.4, -0.2) is 72.3 Å². The Morgan fingerprint density at radius 1 is 0.800 bits per heavy atom. The van der Waals surface area contributed by atoms with Crippen molar-refractivity contribution in [2.24, 2.45) is 11.8 Å². The van der Waals surface area contributed by atoms with Crippen molar-refractivity contribution in [1.82, 2.24) is 14.7 Å². The summed E-state index contributed by atoms with van der Waals surface area (Å²) in [7, 11) is 0. The predicted molar refractivity (Wildman–Crippen MR) is 122 cm³/mol. The van der Waals surface area contributed by atoms with Crippen molar-refractivity contribution in [2.45, 2.75) is 44.9 Å². The van der Waals surface area contributed by atoms with E-state index in [1.165, 1.54) is 38.6 Å². The fraction of sp³-hybridized carbons (Fsp3) is 0.667. The Bertz CT molecular complexity index is 716. The molecule has 1 aromatic rings. The van der Waals surface area contributed by atoms with E-state index in [1.54, 1.807) is 0 Å². The van der Waals surface area contributed by atoms with Crippen LogP contribution < -0.4 is 0 Å². The third-order valence-electron chi connectivity index (χ3n) is 7.15. The third kappa shape index (κ3) is 5.44. The van der Waals surface area contributed by atoms with Gasteiger partial charge >= 0.3 is 0 Å². The van der Waals surface area contributed by atoms with Gasteiger partial charge in [0, 0.05) is 61.8 Å². The van der Waals surface area contributed by atoms with E-state index >= 15 is 0 Å². The summed E-state index contributed by atoms with van der Waals surface area (Å²) in [4.78, 5) is 32.3. The van der Waals surface area contributed by atoms with Gasteiger partial charge in [-0.2, -0.15) is 0 Å². The van der Waals surface area contributed by atoms with Crippen molar-refractivity contribution in [3.05, 3.63) is 34.3 Å². The fourth-order valence-electron chi connectivity index (χ4n) is 5.25. The van der Waals surface area contributed by atoms with Gasteiger partial charge in [0.1, 0.15) is 0 Å². The molecule has 2 amide bonds. The smallest absolute Gasteiger partial charge is 0.253 e. The molecule has 0 bridgehead atoms. The number of amides is 2. The number of piperazine rings is 1. The van der Waals surface area contributed by atoms with Crippen molar-refractivity contribution in [2.75, 3.05) is 45.8 Å². The maximum atomic E-state index is 13.0. The van der Waals surface area contributed by atoms with Crippen molar-refractivity contribution >= 4 is 27.7 Å². The largest absolute Gasteiger partial charge is 0.340 e. The highest BCUT2D eigenvalue weighted by Gasteiger charge is 2.32. The minimum absolute atomic E-state index is 0.0730. The van der Waals surface area contributed by atoms with E-state index in [4.69, 9.17) is 0 Å². The van der Waals surface area contributed by atoms with Crippen LogP contribution in [0.4, 0.5) is 0 Å². The molecule has 30 heavy (non-hydrogen) atoms. The molecule has 0 aromatic heterocycles. The number of rotatable bonds is 4. The third-order valence-corrected chi connectivity index (χ3v) is 7.68. The maximum Gasteiger partial charge on any atom is 0.253 e. The Balaban J connectivity index is 1.21. The van der Waals surface area contributed by atoms with Crippen LogP contribution >= 0.6 is 15.9 Å². The average molecular weight is 476 g/mol. The molecule has 164 valence electrons. The number of nitrogens with zero attached hydrogens (tertiary/aromatic N) is 3. The number of halogens is 1. The summed E-state index contributed by atoms with van der Waals surface area (Å²) >= 11 is 3.41. The second-order valence-electron chi connectivity index (χ2n) is 9.20. The number of hydrogen-bond acceptors (Lipinski definition) is 3. The first-order valence-corrected chi connectivity index (χ1v) is 12.5. The monoisotopic (exact) mass is 475 g/mol. The molecule has 0 radical (unpaired) electrons. The van der Waals surface area contributed by atoms with E-state index < -0.39 is 0 Å². The number of carbonyl (C=O) groups excluding carboxylic acids is 2. The Morgan fingerprint density at radius 3 is 2.07 bits per heavy atom. The number of benzene rings is 1. The average Bonchev–Trinajstić information content (AvgIpc) is 2.80. The lowest BCUT2D eigenvalue weighted by molar-refractivity contribution is -0.138. The highest BCUT2D eigenvalue weighted by Crippen LogP contribution is 2.26. The Kier molecular flexibility index (Phi) is 7.47. The molecule has 0 spiro atoms. The quantitative estimate of drug-likeness (QED) is 0.660. The first-order valence-electron chi connectivity index (χ1n) is 11.7. The molecule has 0 atom stereocenters. The summed E-state index contributed by atoms with van der Waals surface area (Å²) in [6, 6.07) is 7.52. The molecule has 1 aromatic carbocycles. The SMILES string of the molecule is O=C(c1ccc(Br)cc1)N1CCC(C(=O)N2CCN(CC3CCCCC3)CC2)CC1. The van der Waals surface area contributed by atoms with Crippen LogP contribution in [0.5, 0.6) is 0 Å². The molecule has 2 aliphatic heterocycles. The zero-order chi connectivity index (χ0) is 20.9. The van der Waals surface area contributed by atoms with Gasteiger partial charge in [-0.15, -0.1) is 0 Å². The molecular formula is C24H34BrN3O2. The molecule has 3 fully saturated rings. The molecule has 1 aliphatic carbocycles.